The SMILES string of the molecule is CCC1=NC=CCC1. The zero-order chi connectivity index (χ0) is 5.82. The van der Waals surface area contributed by atoms with Crippen molar-refractivity contribution in [2.24, 2.45) is 4.99 Å². The second kappa shape index (κ2) is 2.65. The quantitative estimate of drug-likeness (QED) is 0.489. The summed E-state index contributed by atoms with van der Waals surface area (Å²) in [5.41, 5.74) is 1.34. The summed E-state index contributed by atoms with van der Waals surface area (Å²) in [5, 5.41) is 0. The summed E-state index contributed by atoms with van der Waals surface area (Å²) in [7, 11) is 0. The monoisotopic (exact) mass is 109 g/mol. The first-order valence-corrected chi connectivity index (χ1v) is 3.14. The van der Waals surface area contributed by atoms with Gasteiger partial charge in [0.2, 0.25) is 0 Å². The van der Waals surface area contributed by atoms with E-state index >= 15 is 0 Å². The van der Waals surface area contributed by atoms with Crippen molar-refractivity contribution in [3.8, 4) is 0 Å². The van der Waals surface area contributed by atoms with Gasteiger partial charge >= 0.3 is 0 Å². The van der Waals surface area contributed by atoms with Crippen molar-refractivity contribution in [2.45, 2.75) is 26.2 Å². The Balaban J connectivity index is 2.50. The van der Waals surface area contributed by atoms with Crippen LogP contribution in [0.5, 0.6) is 0 Å². The minimum Gasteiger partial charge on any atom is -0.266 e. The second-order valence-corrected chi connectivity index (χ2v) is 1.97. The molecule has 1 nitrogen and oxygen atoms in total. The molecule has 0 saturated carbocycles. The van der Waals surface area contributed by atoms with Gasteiger partial charge in [-0.3, -0.25) is 4.99 Å². The van der Waals surface area contributed by atoms with Crippen LogP contribution in [-0.4, -0.2) is 5.71 Å². The van der Waals surface area contributed by atoms with Crippen LogP contribution in [-0.2, 0) is 0 Å². The van der Waals surface area contributed by atoms with Gasteiger partial charge in [-0.15, -0.1) is 0 Å². The molecule has 1 rings (SSSR count). The van der Waals surface area contributed by atoms with Gasteiger partial charge in [0, 0.05) is 11.9 Å². The van der Waals surface area contributed by atoms with Crippen LogP contribution in [0.25, 0.3) is 0 Å². The summed E-state index contributed by atoms with van der Waals surface area (Å²) in [6.07, 6.45) is 7.49. The summed E-state index contributed by atoms with van der Waals surface area (Å²) in [4.78, 5) is 4.18. The topological polar surface area (TPSA) is 12.4 Å². The number of nitrogens with zero attached hydrogens (tertiary/aromatic N) is 1. The minimum absolute atomic E-state index is 1.12. The summed E-state index contributed by atoms with van der Waals surface area (Å²) in [6.45, 7) is 2.15. The lowest BCUT2D eigenvalue weighted by Crippen LogP contribution is -1.96. The van der Waals surface area contributed by atoms with Crippen LogP contribution < -0.4 is 0 Å². The highest BCUT2D eigenvalue weighted by Gasteiger charge is 1.95. The average molecular weight is 109 g/mol. The van der Waals surface area contributed by atoms with Gasteiger partial charge in [-0.2, -0.15) is 0 Å². The number of allylic oxidation sites excluding steroid dienone is 1. The summed E-state index contributed by atoms with van der Waals surface area (Å²) in [6, 6.07) is 0. The van der Waals surface area contributed by atoms with E-state index in [-0.39, 0.29) is 0 Å². The Hall–Kier alpha value is -0.590. The lowest BCUT2D eigenvalue weighted by molar-refractivity contribution is 1.02. The third kappa shape index (κ3) is 1.19. The first-order chi connectivity index (χ1) is 3.93. The van der Waals surface area contributed by atoms with Crippen LogP contribution in [0.4, 0.5) is 0 Å². The summed E-state index contributed by atoms with van der Waals surface area (Å²) < 4.78 is 0. The fourth-order valence-corrected chi connectivity index (χ4v) is 0.815. The third-order valence-electron chi connectivity index (χ3n) is 1.37. The molecule has 0 spiro atoms. The Morgan fingerprint density at radius 2 is 2.62 bits per heavy atom. The molecule has 0 N–H and O–H groups in total. The minimum atomic E-state index is 1.12. The molecule has 0 saturated heterocycles. The molecule has 0 amide bonds. The Labute approximate surface area is 50.1 Å². The van der Waals surface area contributed by atoms with Gasteiger partial charge in [-0.05, 0) is 19.3 Å². The Morgan fingerprint density at radius 3 is 3.00 bits per heavy atom. The highest BCUT2D eigenvalue weighted by atomic mass is 14.7. The largest absolute Gasteiger partial charge is 0.266 e. The van der Waals surface area contributed by atoms with E-state index in [2.05, 4.69) is 18.0 Å². The van der Waals surface area contributed by atoms with E-state index in [1.54, 1.807) is 0 Å². The van der Waals surface area contributed by atoms with Gasteiger partial charge in [0.15, 0.2) is 0 Å². The first kappa shape index (κ1) is 5.54. The molecular weight excluding hydrogens is 98.1 g/mol. The van der Waals surface area contributed by atoms with Crippen LogP contribution in [0.1, 0.15) is 26.2 Å². The molecule has 0 atom stereocenters. The molecule has 1 aliphatic rings. The van der Waals surface area contributed by atoms with Gasteiger partial charge in [0.25, 0.3) is 0 Å². The van der Waals surface area contributed by atoms with E-state index in [0.29, 0.717) is 0 Å². The lowest BCUT2D eigenvalue weighted by Gasteiger charge is -2.01. The predicted molar refractivity (Wildman–Crippen MR) is 36.1 cm³/mol. The molecule has 44 valence electrons. The molecule has 0 bridgehead atoms. The van der Waals surface area contributed by atoms with Crippen LogP contribution in [0.15, 0.2) is 17.3 Å². The van der Waals surface area contributed by atoms with E-state index < -0.39 is 0 Å². The Bertz CT molecular complexity index is 122. The maximum atomic E-state index is 4.18. The molecule has 0 aliphatic carbocycles. The Kier molecular flexibility index (Phi) is 1.84. The van der Waals surface area contributed by atoms with Crippen LogP contribution in [0.3, 0.4) is 0 Å². The molecule has 1 heteroatoms. The van der Waals surface area contributed by atoms with E-state index in [1.807, 2.05) is 6.20 Å². The van der Waals surface area contributed by atoms with Gasteiger partial charge in [0.1, 0.15) is 0 Å². The first-order valence-electron chi connectivity index (χ1n) is 3.14. The molecule has 8 heavy (non-hydrogen) atoms. The van der Waals surface area contributed by atoms with Gasteiger partial charge in [-0.25, -0.2) is 0 Å². The second-order valence-electron chi connectivity index (χ2n) is 1.97. The number of aliphatic imine (C=N–C) groups is 1. The van der Waals surface area contributed by atoms with Crippen LogP contribution in [0.2, 0.25) is 0 Å². The third-order valence-corrected chi connectivity index (χ3v) is 1.37. The average Bonchev–Trinajstić information content (AvgIpc) is 1.90. The maximum Gasteiger partial charge on any atom is 0.0227 e. The van der Waals surface area contributed by atoms with E-state index in [1.165, 1.54) is 18.6 Å². The van der Waals surface area contributed by atoms with Crippen molar-refractivity contribution in [1.82, 2.24) is 0 Å². The Morgan fingerprint density at radius 1 is 1.75 bits per heavy atom. The molecule has 0 fully saturated rings. The number of rotatable bonds is 1. The molecule has 0 radical (unpaired) electrons. The van der Waals surface area contributed by atoms with Gasteiger partial charge in [-0.1, -0.05) is 13.0 Å². The van der Waals surface area contributed by atoms with Crippen molar-refractivity contribution in [3.05, 3.63) is 12.3 Å². The van der Waals surface area contributed by atoms with Gasteiger partial charge in [0.05, 0.1) is 0 Å². The van der Waals surface area contributed by atoms with Crippen LogP contribution >= 0.6 is 0 Å². The molecule has 1 heterocycles. The maximum absolute atomic E-state index is 4.18. The van der Waals surface area contributed by atoms with Crippen molar-refractivity contribution < 1.29 is 0 Å². The molecular formula is C7H11N. The zero-order valence-corrected chi connectivity index (χ0v) is 5.22. The fraction of sp³-hybridized carbons (Fsp3) is 0.571. The van der Waals surface area contributed by atoms with Crippen molar-refractivity contribution in [1.29, 1.82) is 0 Å². The molecule has 1 aliphatic heterocycles. The zero-order valence-electron chi connectivity index (χ0n) is 5.22. The number of hydrogen-bond donors (Lipinski definition) is 0. The van der Waals surface area contributed by atoms with Crippen molar-refractivity contribution in [2.75, 3.05) is 0 Å². The molecule has 0 unspecified atom stereocenters. The smallest absolute Gasteiger partial charge is 0.0227 e. The van der Waals surface area contributed by atoms with Gasteiger partial charge < -0.3 is 0 Å². The molecule has 0 aromatic rings. The van der Waals surface area contributed by atoms with Crippen molar-refractivity contribution >= 4 is 5.71 Å². The standard InChI is InChI=1S/C7H11N/c1-2-7-5-3-4-6-8-7/h4,6H,2-3,5H2,1H3. The normalized spacial score (nSPS) is 18.4. The van der Waals surface area contributed by atoms with Crippen molar-refractivity contribution in [3.63, 3.8) is 0 Å². The summed E-state index contributed by atoms with van der Waals surface area (Å²) >= 11 is 0. The van der Waals surface area contributed by atoms with E-state index in [0.717, 1.165) is 6.42 Å². The predicted octanol–water partition coefficient (Wildman–Crippen LogP) is 2.14. The molecule has 0 aromatic carbocycles. The lowest BCUT2D eigenvalue weighted by atomic mass is 10.1. The molecule has 0 aromatic heterocycles. The number of hydrogen-bond acceptors (Lipinski definition) is 1. The van der Waals surface area contributed by atoms with E-state index in [9.17, 15) is 0 Å². The van der Waals surface area contributed by atoms with E-state index in [4.69, 9.17) is 0 Å². The van der Waals surface area contributed by atoms with Crippen LogP contribution in [0, 0.1) is 0 Å². The highest BCUT2D eigenvalue weighted by molar-refractivity contribution is 5.85. The fourth-order valence-electron chi connectivity index (χ4n) is 0.815. The highest BCUT2D eigenvalue weighted by Crippen LogP contribution is 2.04. The summed E-state index contributed by atoms with van der Waals surface area (Å²) in [5.74, 6) is 0.